The Hall–Kier alpha value is -1.84. The molecule has 1 aromatic heterocycles. The van der Waals surface area contributed by atoms with E-state index in [4.69, 9.17) is 34.3 Å². The second-order valence-electron chi connectivity index (χ2n) is 9.37. The largest absolute Gasteiger partial charge is 0.480 e. The molecule has 4 heterocycles. The van der Waals surface area contributed by atoms with Crippen molar-refractivity contribution in [2.24, 2.45) is 5.92 Å². The van der Waals surface area contributed by atoms with Gasteiger partial charge in [0.25, 0.3) is 5.91 Å². The first kappa shape index (κ1) is 24.3. The first-order valence-corrected chi connectivity index (χ1v) is 12.8. The normalized spacial score (nSPS) is 20.8. The van der Waals surface area contributed by atoms with Crippen LogP contribution in [0, 0.1) is 5.92 Å². The van der Waals surface area contributed by atoms with Gasteiger partial charge in [0.1, 0.15) is 11.4 Å². The summed E-state index contributed by atoms with van der Waals surface area (Å²) in [6, 6.07) is 1.66. The summed E-state index contributed by atoms with van der Waals surface area (Å²) in [4.78, 5) is 24.2. The number of thiocarbonyl (C=S) groups is 1. The Morgan fingerprint density at radius 2 is 1.79 bits per heavy atom. The first-order valence-electron chi connectivity index (χ1n) is 12.0. The van der Waals surface area contributed by atoms with Gasteiger partial charge in [-0.05, 0) is 62.7 Å². The van der Waals surface area contributed by atoms with Crippen molar-refractivity contribution >= 4 is 40.7 Å². The number of pyridine rings is 1. The number of nitrogens with one attached hydrogen (secondary N) is 1. The summed E-state index contributed by atoms with van der Waals surface area (Å²) in [6.45, 7) is 7.53. The third-order valence-electron chi connectivity index (χ3n) is 7.11. The van der Waals surface area contributed by atoms with Gasteiger partial charge in [0, 0.05) is 51.9 Å². The molecule has 1 aromatic rings. The lowest BCUT2D eigenvalue weighted by Crippen LogP contribution is -2.48. The number of carbonyl (C=O) groups excluding carboxylic acids is 1. The van der Waals surface area contributed by atoms with E-state index in [-0.39, 0.29) is 28.7 Å². The maximum absolute atomic E-state index is 12.8. The Kier molecular flexibility index (Phi) is 8.14. The van der Waals surface area contributed by atoms with Gasteiger partial charge in [-0.2, -0.15) is 4.98 Å². The van der Waals surface area contributed by atoms with Crippen LogP contribution in [-0.2, 0) is 0 Å². The average Bonchev–Trinajstić information content (AvgIpc) is 3.37. The minimum atomic E-state index is -0.221. The first-order chi connectivity index (χ1) is 15.9. The minimum Gasteiger partial charge on any atom is -0.480 e. The number of likely N-dealkylation sites (tertiary alicyclic amines) is 3. The number of methoxy groups -OCH3 is 1. The Bertz CT molecular complexity index is 850. The molecule has 3 aliphatic rings. The van der Waals surface area contributed by atoms with E-state index in [1.165, 1.54) is 38.9 Å². The van der Waals surface area contributed by atoms with E-state index in [1.54, 1.807) is 0 Å². The van der Waals surface area contributed by atoms with Crippen LogP contribution in [0.2, 0.25) is 5.02 Å². The van der Waals surface area contributed by atoms with Crippen molar-refractivity contribution in [1.82, 2.24) is 25.0 Å². The zero-order valence-corrected chi connectivity index (χ0v) is 21.0. The van der Waals surface area contributed by atoms with Crippen molar-refractivity contribution in [3.63, 3.8) is 0 Å². The van der Waals surface area contributed by atoms with Crippen molar-refractivity contribution < 1.29 is 9.53 Å². The van der Waals surface area contributed by atoms with Crippen LogP contribution in [0.25, 0.3) is 0 Å². The summed E-state index contributed by atoms with van der Waals surface area (Å²) in [5, 5.41) is 4.43. The number of ether oxygens (including phenoxy) is 1. The number of piperidine rings is 2. The summed E-state index contributed by atoms with van der Waals surface area (Å²) in [6.07, 6.45) is 6.81. The van der Waals surface area contributed by atoms with E-state index in [0.29, 0.717) is 5.56 Å². The number of nitrogen functional groups attached to an aromatic ring is 1. The van der Waals surface area contributed by atoms with Crippen molar-refractivity contribution in [2.75, 3.05) is 58.7 Å². The fourth-order valence-electron chi connectivity index (χ4n) is 5.11. The van der Waals surface area contributed by atoms with Crippen LogP contribution in [0.15, 0.2) is 6.07 Å². The highest BCUT2D eigenvalue weighted by molar-refractivity contribution is 7.80. The number of anilines is 1. The molecule has 4 rings (SSSR count). The molecule has 1 amide bonds. The molecule has 3 N–H and O–H groups in total. The molecule has 3 aliphatic heterocycles. The van der Waals surface area contributed by atoms with Crippen LogP contribution in [0.5, 0.6) is 5.88 Å². The lowest BCUT2D eigenvalue weighted by Gasteiger charge is -2.39. The van der Waals surface area contributed by atoms with Crippen LogP contribution < -0.4 is 15.8 Å². The van der Waals surface area contributed by atoms with Gasteiger partial charge in [0.2, 0.25) is 5.88 Å². The van der Waals surface area contributed by atoms with Crippen LogP contribution in [-0.4, -0.2) is 89.7 Å². The molecule has 10 heteroatoms. The zero-order valence-electron chi connectivity index (χ0n) is 19.4. The number of aromatic nitrogens is 1. The summed E-state index contributed by atoms with van der Waals surface area (Å²) >= 11 is 11.8. The van der Waals surface area contributed by atoms with E-state index >= 15 is 0 Å². The molecule has 0 saturated carbocycles. The maximum atomic E-state index is 12.8. The molecule has 0 radical (unpaired) electrons. The topological polar surface area (TPSA) is 87.0 Å². The Balaban J connectivity index is 1.19. The molecular weight excluding hydrogens is 460 g/mol. The molecule has 0 unspecified atom stereocenters. The molecular formula is C23H35ClN6O2S. The van der Waals surface area contributed by atoms with Crippen LogP contribution >= 0.6 is 23.8 Å². The summed E-state index contributed by atoms with van der Waals surface area (Å²) in [5.41, 5.74) is 6.04. The van der Waals surface area contributed by atoms with Crippen LogP contribution in [0.3, 0.4) is 0 Å². The Labute approximate surface area is 206 Å². The number of rotatable bonds is 5. The monoisotopic (exact) mass is 494 g/mol. The van der Waals surface area contributed by atoms with E-state index in [9.17, 15) is 4.79 Å². The Morgan fingerprint density at radius 3 is 2.42 bits per heavy atom. The molecule has 182 valence electrons. The van der Waals surface area contributed by atoms with Crippen LogP contribution in [0.1, 0.15) is 48.9 Å². The van der Waals surface area contributed by atoms with Crippen LogP contribution in [0.4, 0.5) is 5.82 Å². The van der Waals surface area contributed by atoms with Gasteiger partial charge in [-0.25, -0.2) is 0 Å². The number of hydrogen-bond donors (Lipinski definition) is 2. The van der Waals surface area contributed by atoms with Crippen molar-refractivity contribution in [1.29, 1.82) is 0 Å². The minimum absolute atomic E-state index is 0.134. The summed E-state index contributed by atoms with van der Waals surface area (Å²) < 4.78 is 5.21. The van der Waals surface area contributed by atoms with E-state index < -0.39 is 0 Å². The van der Waals surface area contributed by atoms with Gasteiger partial charge in [0.05, 0.1) is 12.1 Å². The molecule has 3 saturated heterocycles. The summed E-state index contributed by atoms with van der Waals surface area (Å²) in [7, 11) is 1.47. The molecule has 0 bridgehead atoms. The van der Waals surface area contributed by atoms with Crippen molar-refractivity contribution in [3.8, 4) is 5.88 Å². The number of amides is 1. The maximum Gasteiger partial charge on any atom is 0.257 e. The number of nitrogens with two attached hydrogens (primary N) is 1. The second-order valence-corrected chi connectivity index (χ2v) is 10.1. The molecule has 0 aliphatic carbocycles. The second kappa shape index (κ2) is 11.1. The highest BCUT2D eigenvalue weighted by atomic mass is 35.5. The molecule has 0 aromatic carbocycles. The van der Waals surface area contributed by atoms with Gasteiger partial charge >= 0.3 is 0 Å². The number of hydrogen-bond acceptors (Lipinski definition) is 6. The van der Waals surface area contributed by atoms with Gasteiger partial charge in [-0.15, -0.1) is 0 Å². The van der Waals surface area contributed by atoms with Gasteiger partial charge in [-0.3, -0.25) is 4.79 Å². The highest BCUT2D eigenvalue weighted by Crippen LogP contribution is 2.26. The third kappa shape index (κ3) is 6.00. The van der Waals surface area contributed by atoms with E-state index in [1.807, 2.05) is 0 Å². The quantitative estimate of drug-likeness (QED) is 0.604. The van der Waals surface area contributed by atoms with Gasteiger partial charge < -0.3 is 30.5 Å². The molecule has 33 heavy (non-hydrogen) atoms. The van der Waals surface area contributed by atoms with Crippen molar-refractivity contribution in [3.05, 3.63) is 16.7 Å². The molecule has 0 atom stereocenters. The third-order valence-corrected chi connectivity index (χ3v) is 7.93. The fourth-order valence-corrected chi connectivity index (χ4v) is 5.62. The average molecular weight is 495 g/mol. The SMILES string of the molecule is COc1nc(N)c(Cl)cc1C(=O)NC1CCN(CC2CCN(C(=S)N3CCCC3)CC2)CC1. The van der Waals surface area contributed by atoms with E-state index in [0.717, 1.165) is 69.7 Å². The standard InChI is InChI=1S/C23H35ClN6O2S/c1-32-22-18(14-19(24)20(25)27-22)21(31)26-17-6-10-28(11-7-17)15-16-4-12-30(13-5-16)23(33)29-8-2-3-9-29/h14,16-17H,2-13,15H2,1H3,(H2,25,27)(H,26,31). The molecule has 8 nitrogen and oxygen atoms in total. The number of carbonyl (C=O) groups is 1. The van der Waals surface area contributed by atoms with E-state index in [2.05, 4.69) is 25.0 Å². The summed E-state index contributed by atoms with van der Waals surface area (Å²) in [5.74, 6) is 0.853. The predicted molar refractivity (Wildman–Crippen MR) is 135 cm³/mol. The number of nitrogens with zero attached hydrogens (tertiary/aromatic N) is 4. The van der Waals surface area contributed by atoms with Crippen molar-refractivity contribution in [2.45, 2.75) is 44.6 Å². The predicted octanol–water partition coefficient (Wildman–Crippen LogP) is 2.61. The fraction of sp³-hybridized carbons (Fsp3) is 0.696. The van der Waals surface area contributed by atoms with Gasteiger partial charge in [0.15, 0.2) is 5.11 Å². The molecule has 3 fully saturated rings. The molecule has 0 spiro atoms. The zero-order chi connectivity index (χ0) is 23.4. The smallest absolute Gasteiger partial charge is 0.257 e. The lowest BCUT2D eigenvalue weighted by atomic mass is 9.95. The Morgan fingerprint density at radius 1 is 1.15 bits per heavy atom. The highest BCUT2D eigenvalue weighted by Gasteiger charge is 2.28. The van der Waals surface area contributed by atoms with Gasteiger partial charge in [-0.1, -0.05) is 11.6 Å². The number of halogens is 1. The lowest BCUT2D eigenvalue weighted by molar-refractivity contribution is 0.0894.